The standard InChI is InChI=1S/C23H35ClN4O5/c1-23(2,3)33-22(32)28-17(13-14-18(25)29)21(31)27-16-11-8-10-15(20(16)24)9-6-5-7-12-19(30)26-4/h8,10-11,17H,5-7,9,12-14H2,1-4H3,(H2,25,29)(H,26,30)(H,27,31)(H,28,32). The molecule has 0 aliphatic carbocycles. The molecular formula is C23H35ClN4O5. The van der Waals surface area contributed by atoms with Gasteiger partial charge in [-0.05, 0) is 58.1 Å². The number of amides is 4. The number of carbonyl (C=O) groups excluding carboxylic acids is 4. The van der Waals surface area contributed by atoms with Gasteiger partial charge in [0.1, 0.15) is 11.6 Å². The topological polar surface area (TPSA) is 140 Å². The molecule has 0 saturated heterocycles. The third kappa shape index (κ3) is 11.6. The Morgan fingerprint density at radius 3 is 2.39 bits per heavy atom. The Morgan fingerprint density at radius 1 is 1.09 bits per heavy atom. The smallest absolute Gasteiger partial charge is 0.408 e. The summed E-state index contributed by atoms with van der Waals surface area (Å²) in [7, 11) is 1.61. The van der Waals surface area contributed by atoms with Crippen LogP contribution in [0.15, 0.2) is 18.2 Å². The lowest BCUT2D eigenvalue weighted by Crippen LogP contribution is -2.46. The molecule has 0 heterocycles. The summed E-state index contributed by atoms with van der Waals surface area (Å²) in [6, 6.07) is 4.28. The molecule has 1 aromatic rings. The van der Waals surface area contributed by atoms with E-state index in [1.807, 2.05) is 6.07 Å². The van der Waals surface area contributed by atoms with Crippen molar-refractivity contribution < 1.29 is 23.9 Å². The van der Waals surface area contributed by atoms with Gasteiger partial charge in [-0.25, -0.2) is 4.79 Å². The first kappa shape index (κ1) is 28.2. The quantitative estimate of drug-likeness (QED) is 0.338. The number of halogens is 1. The van der Waals surface area contributed by atoms with E-state index in [-0.39, 0.29) is 18.7 Å². The number of hydrogen-bond acceptors (Lipinski definition) is 5. The molecule has 0 radical (unpaired) electrons. The van der Waals surface area contributed by atoms with Gasteiger partial charge in [0, 0.05) is 19.9 Å². The highest BCUT2D eigenvalue weighted by molar-refractivity contribution is 6.34. The number of unbranched alkanes of at least 4 members (excludes halogenated alkanes) is 2. The van der Waals surface area contributed by atoms with E-state index >= 15 is 0 Å². The van der Waals surface area contributed by atoms with Gasteiger partial charge in [-0.2, -0.15) is 0 Å². The third-order valence-corrected chi connectivity index (χ3v) is 5.10. The zero-order valence-corrected chi connectivity index (χ0v) is 20.5. The molecule has 0 aliphatic heterocycles. The number of benzene rings is 1. The molecule has 1 aromatic carbocycles. The minimum absolute atomic E-state index is 0.0169. The first-order valence-electron chi connectivity index (χ1n) is 11.0. The summed E-state index contributed by atoms with van der Waals surface area (Å²) in [6.07, 6.45) is 2.83. The number of alkyl carbamates (subject to hydrolysis) is 1. The van der Waals surface area contributed by atoms with E-state index in [2.05, 4.69) is 16.0 Å². The number of rotatable bonds is 12. The van der Waals surface area contributed by atoms with Crippen LogP contribution in [-0.4, -0.2) is 42.5 Å². The van der Waals surface area contributed by atoms with E-state index in [9.17, 15) is 19.2 Å². The number of aryl methyl sites for hydroxylation is 1. The van der Waals surface area contributed by atoms with E-state index in [0.29, 0.717) is 23.6 Å². The summed E-state index contributed by atoms with van der Waals surface area (Å²) in [4.78, 5) is 47.5. The molecule has 0 aromatic heterocycles. The van der Waals surface area contributed by atoms with Gasteiger partial charge in [0.05, 0.1) is 10.7 Å². The average molecular weight is 483 g/mol. The van der Waals surface area contributed by atoms with Crippen molar-refractivity contribution >= 4 is 41.1 Å². The Balaban J connectivity index is 2.79. The Morgan fingerprint density at radius 2 is 1.79 bits per heavy atom. The van der Waals surface area contributed by atoms with Gasteiger partial charge in [-0.1, -0.05) is 30.2 Å². The predicted octanol–water partition coefficient (Wildman–Crippen LogP) is 3.29. The van der Waals surface area contributed by atoms with Crippen LogP contribution in [-0.2, 0) is 25.5 Å². The molecule has 0 fully saturated rings. The van der Waals surface area contributed by atoms with Crippen molar-refractivity contribution in [2.75, 3.05) is 12.4 Å². The minimum Gasteiger partial charge on any atom is -0.444 e. The van der Waals surface area contributed by atoms with Crippen LogP contribution in [0.2, 0.25) is 5.02 Å². The number of carbonyl (C=O) groups is 4. The maximum atomic E-state index is 12.9. The molecule has 9 nitrogen and oxygen atoms in total. The molecule has 4 amide bonds. The fourth-order valence-electron chi connectivity index (χ4n) is 3.00. The van der Waals surface area contributed by atoms with Crippen LogP contribution < -0.4 is 21.7 Å². The highest BCUT2D eigenvalue weighted by atomic mass is 35.5. The molecule has 1 rings (SSSR count). The number of nitrogens with one attached hydrogen (secondary N) is 3. The molecule has 184 valence electrons. The second-order valence-electron chi connectivity index (χ2n) is 8.71. The van der Waals surface area contributed by atoms with Gasteiger partial charge in [0.15, 0.2) is 0 Å². The molecule has 0 spiro atoms. The average Bonchev–Trinajstić information content (AvgIpc) is 2.71. The van der Waals surface area contributed by atoms with E-state index in [1.54, 1.807) is 40.0 Å². The summed E-state index contributed by atoms with van der Waals surface area (Å²) in [5.41, 5.74) is 5.73. The van der Waals surface area contributed by atoms with Gasteiger partial charge in [0.2, 0.25) is 17.7 Å². The van der Waals surface area contributed by atoms with Crippen molar-refractivity contribution in [3.63, 3.8) is 0 Å². The maximum absolute atomic E-state index is 12.9. The van der Waals surface area contributed by atoms with E-state index < -0.39 is 29.6 Å². The first-order valence-corrected chi connectivity index (χ1v) is 11.4. The third-order valence-electron chi connectivity index (χ3n) is 4.65. The number of anilines is 1. The van der Waals surface area contributed by atoms with Crippen LogP contribution in [0.1, 0.15) is 64.9 Å². The molecule has 1 unspecified atom stereocenters. The number of nitrogens with two attached hydrogens (primary N) is 1. The molecule has 5 N–H and O–H groups in total. The van der Waals surface area contributed by atoms with Gasteiger partial charge in [-0.3, -0.25) is 14.4 Å². The molecule has 10 heteroatoms. The van der Waals surface area contributed by atoms with Gasteiger partial charge >= 0.3 is 6.09 Å². The zero-order valence-electron chi connectivity index (χ0n) is 19.8. The summed E-state index contributed by atoms with van der Waals surface area (Å²) in [5.74, 6) is -1.11. The summed E-state index contributed by atoms with van der Waals surface area (Å²) < 4.78 is 5.21. The largest absolute Gasteiger partial charge is 0.444 e. The molecule has 1 atom stereocenters. The monoisotopic (exact) mass is 482 g/mol. The summed E-state index contributed by atoms with van der Waals surface area (Å²) >= 11 is 6.50. The lowest BCUT2D eigenvalue weighted by molar-refractivity contribution is -0.121. The van der Waals surface area contributed by atoms with Crippen LogP contribution in [0.3, 0.4) is 0 Å². The van der Waals surface area contributed by atoms with Crippen molar-refractivity contribution in [1.29, 1.82) is 0 Å². The number of primary amides is 1. The SMILES string of the molecule is CNC(=O)CCCCCc1cccc(NC(=O)C(CCC(N)=O)NC(=O)OC(C)(C)C)c1Cl. The lowest BCUT2D eigenvalue weighted by Gasteiger charge is -2.23. The van der Waals surface area contributed by atoms with Gasteiger partial charge in [-0.15, -0.1) is 0 Å². The van der Waals surface area contributed by atoms with Crippen LogP contribution in [0, 0.1) is 0 Å². The number of hydrogen-bond donors (Lipinski definition) is 4. The van der Waals surface area contributed by atoms with Crippen molar-refractivity contribution in [3.05, 3.63) is 28.8 Å². The van der Waals surface area contributed by atoms with Crippen LogP contribution in [0.25, 0.3) is 0 Å². The van der Waals surface area contributed by atoms with E-state index in [0.717, 1.165) is 24.8 Å². The fraction of sp³-hybridized carbons (Fsp3) is 0.565. The van der Waals surface area contributed by atoms with Crippen molar-refractivity contribution in [1.82, 2.24) is 10.6 Å². The van der Waals surface area contributed by atoms with E-state index in [4.69, 9.17) is 22.1 Å². The van der Waals surface area contributed by atoms with Crippen LogP contribution in [0.4, 0.5) is 10.5 Å². The number of ether oxygens (including phenoxy) is 1. The molecule has 33 heavy (non-hydrogen) atoms. The Labute approximate surface area is 200 Å². The maximum Gasteiger partial charge on any atom is 0.408 e. The second kappa shape index (κ2) is 13.7. The highest BCUT2D eigenvalue weighted by Gasteiger charge is 2.25. The molecular weight excluding hydrogens is 448 g/mol. The van der Waals surface area contributed by atoms with Crippen molar-refractivity contribution in [3.8, 4) is 0 Å². The zero-order chi connectivity index (χ0) is 25.0. The minimum atomic E-state index is -1.03. The lowest BCUT2D eigenvalue weighted by atomic mass is 10.0. The predicted molar refractivity (Wildman–Crippen MR) is 128 cm³/mol. The van der Waals surface area contributed by atoms with E-state index in [1.165, 1.54) is 0 Å². The molecule has 0 bridgehead atoms. The summed E-state index contributed by atoms with van der Waals surface area (Å²) in [5, 5.41) is 8.21. The van der Waals surface area contributed by atoms with Crippen LogP contribution >= 0.6 is 11.6 Å². The van der Waals surface area contributed by atoms with Gasteiger partial charge < -0.3 is 26.4 Å². The van der Waals surface area contributed by atoms with Crippen molar-refractivity contribution in [2.45, 2.75) is 77.4 Å². The first-order chi connectivity index (χ1) is 15.4. The molecule has 0 aliphatic rings. The van der Waals surface area contributed by atoms with Crippen LogP contribution in [0.5, 0.6) is 0 Å². The fourth-order valence-corrected chi connectivity index (χ4v) is 3.26. The Hall–Kier alpha value is -2.81. The summed E-state index contributed by atoms with van der Waals surface area (Å²) in [6.45, 7) is 5.11. The van der Waals surface area contributed by atoms with Gasteiger partial charge in [0.25, 0.3) is 0 Å². The Bertz CT molecular complexity index is 839. The second-order valence-corrected chi connectivity index (χ2v) is 9.08. The van der Waals surface area contributed by atoms with Crippen molar-refractivity contribution in [2.24, 2.45) is 5.73 Å². The molecule has 0 saturated carbocycles. The highest BCUT2D eigenvalue weighted by Crippen LogP contribution is 2.27. The normalized spacial score (nSPS) is 11.9. The Kier molecular flexibility index (Phi) is 11.7.